The lowest BCUT2D eigenvalue weighted by molar-refractivity contribution is -0.0460. The number of anilines is 2. The van der Waals surface area contributed by atoms with Crippen LogP contribution in [0, 0.1) is 0 Å². The van der Waals surface area contributed by atoms with Crippen LogP contribution in [0.2, 0.25) is 0 Å². The summed E-state index contributed by atoms with van der Waals surface area (Å²) in [5, 5.41) is 0. The number of nitrogens with two attached hydrogens (primary N) is 1. The standard InChI is InChI=1S/C21H25F6N7/c1-19(22,23)15-11-29-10-14(30-15)16-31-17(28)33-18(32-16)34(12-2-6-20(24,25)7-3-12)13-4-8-21(26,27)9-5-13/h10-13H,2-9H2,1H3,(H2,28,31,32,33). The van der Waals surface area contributed by atoms with Crippen LogP contribution in [0.15, 0.2) is 12.4 Å². The van der Waals surface area contributed by atoms with Gasteiger partial charge in [0.05, 0.1) is 12.4 Å². The van der Waals surface area contributed by atoms with E-state index in [1.807, 2.05) is 0 Å². The van der Waals surface area contributed by atoms with Crippen LogP contribution in [-0.4, -0.2) is 48.8 Å². The van der Waals surface area contributed by atoms with Gasteiger partial charge in [-0.15, -0.1) is 0 Å². The Morgan fingerprint density at radius 1 is 0.853 bits per heavy atom. The molecule has 0 aliphatic heterocycles. The van der Waals surface area contributed by atoms with Gasteiger partial charge >= 0.3 is 0 Å². The quantitative estimate of drug-likeness (QED) is 0.592. The third-order valence-corrected chi connectivity index (χ3v) is 6.35. The smallest absolute Gasteiger partial charge is 0.288 e. The van der Waals surface area contributed by atoms with Crippen LogP contribution in [-0.2, 0) is 5.92 Å². The molecule has 0 radical (unpaired) electrons. The SMILES string of the molecule is CC(F)(F)c1cncc(-c2nc(N)nc(N(C3CCC(F)(F)CC3)C3CCC(F)(F)CC3)n2)n1. The Morgan fingerprint density at radius 2 is 1.38 bits per heavy atom. The van der Waals surface area contributed by atoms with Gasteiger partial charge in [-0.1, -0.05) is 0 Å². The van der Waals surface area contributed by atoms with Crippen molar-refractivity contribution in [1.29, 1.82) is 0 Å². The minimum absolute atomic E-state index is 0.0309. The monoisotopic (exact) mass is 489 g/mol. The first kappa shape index (κ1) is 24.4. The normalized spacial score (nSPS) is 21.4. The second-order valence-corrected chi connectivity index (χ2v) is 9.08. The lowest BCUT2D eigenvalue weighted by Gasteiger charge is -2.43. The fourth-order valence-corrected chi connectivity index (χ4v) is 4.53. The van der Waals surface area contributed by atoms with Crippen molar-refractivity contribution in [2.24, 2.45) is 0 Å². The molecule has 2 N–H and O–H groups in total. The molecule has 0 amide bonds. The van der Waals surface area contributed by atoms with Gasteiger partial charge in [-0.2, -0.15) is 23.7 Å². The summed E-state index contributed by atoms with van der Waals surface area (Å²) in [6.07, 6.45) is 1.24. The van der Waals surface area contributed by atoms with E-state index < -0.39 is 35.5 Å². The van der Waals surface area contributed by atoms with Crippen molar-refractivity contribution >= 4 is 11.9 Å². The summed E-state index contributed by atoms with van der Waals surface area (Å²) in [4.78, 5) is 21.9. The molecule has 34 heavy (non-hydrogen) atoms. The molecule has 0 bridgehead atoms. The maximum Gasteiger partial charge on any atom is 0.288 e. The fourth-order valence-electron chi connectivity index (χ4n) is 4.53. The van der Waals surface area contributed by atoms with Crippen molar-refractivity contribution in [3.63, 3.8) is 0 Å². The number of alkyl halides is 6. The van der Waals surface area contributed by atoms with E-state index in [0.717, 1.165) is 6.20 Å². The highest BCUT2D eigenvalue weighted by atomic mass is 19.3. The average molecular weight is 489 g/mol. The van der Waals surface area contributed by atoms with Gasteiger partial charge in [0.1, 0.15) is 11.4 Å². The van der Waals surface area contributed by atoms with E-state index in [1.54, 1.807) is 4.90 Å². The lowest BCUT2D eigenvalue weighted by atomic mass is 9.86. The fraction of sp³-hybridized carbons (Fsp3) is 0.667. The third kappa shape index (κ3) is 5.49. The molecule has 0 saturated heterocycles. The number of hydrogen-bond acceptors (Lipinski definition) is 7. The van der Waals surface area contributed by atoms with E-state index in [9.17, 15) is 26.3 Å². The zero-order valence-electron chi connectivity index (χ0n) is 18.5. The summed E-state index contributed by atoms with van der Waals surface area (Å²) >= 11 is 0. The molecule has 2 saturated carbocycles. The third-order valence-electron chi connectivity index (χ3n) is 6.35. The molecule has 2 heterocycles. The van der Waals surface area contributed by atoms with Crippen LogP contribution in [0.5, 0.6) is 0 Å². The van der Waals surface area contributed by atoms with E-state index in [4.69, 9.17) is 5.73 Å². The van der Waals surface area contributed by atoms with Crippen molar-refractivity contribution in [3.8, 4) is 11.5 Å². The topological polar surface area (TPSA) is 93.7 Å². The van der Waals surface area contributed by atoms with Crippen molar-refractivity contribution in [1.82, 2.24) is 24.9 Å². The zero-order valence-corrected chi connectivity index (χ0v) is 18.5. The summed E-state index contributed by atoms with van der Waals surface area (Å²) < 4.78 is 82.7. The largest absolute Gasteiger partial charge is 0.368 e. The first-order chi connectivity index (χ1) is 15.8. The van der Waals surface area contributed by atoms with Gasteiger partial charge in [0.25, 0.3) is 5.92 Å². The van der Waals surface area contributed by atoms with Gasteiger partial charge in [0.15, 0.2) is 5.82 Å². The molecular weight excluding hydrogens is 464 g/mol. The predicted octanol–water partition coefficient (Wildman–Crippen LogP) is 4.98. The molecule has 0 unspecified atom stereocenters. The highest BCUT2D eigenvalue weighted by molar-refractivity contribution is 5.53. The van der Waals surface area contributed by atoms with Crippen LogP contribution in [0.1, 0.15) is 64.0 Å². The summed E-state index contributed by atoms with van der Waals surface area (Å²) in [6, 6.07) is -0.827. The molecule has 186 valence electrons. The molecule has 2 aromatic heterocycles. The highest BCUT2D eigenvalue weighted by Gasteiger charge is 2.43. The Labute approximate surface area is 192 Å². The minimum Gasteiger partial charge on any atom is -0.368 e. The second-order valence-electron chi connectivity index (χ2n) is 9.08. The predicted molar refractivity (Wildman–Crippen MR) is 112 cm³/mol. The summed E-state index contributed by atoms with van der Waals surface area (Å²) in [7, 11) is 0. The number of halogens is 6. The number of nitrogens with zero attached hydrogens (tertiary/aromatic N) is 6. The van der Waals surface area contributed by atoms with E-state index in [-0.39, 0.29) is 74.8 Å². The number of rotatable bonds is 5. The Morgan fingerprint density at radius 3 is 1.88 bits per heavy atom. The molecule has 2 fully saturated rings. The van der Waals surface area contributed by atoms with Crippen LogP contribution in [0.25, 0.3) is 11.5 Å². The van der Waals surface area contributed by atoms with Gasteiger partial charge in [0.2, 0.25) is 23.7 Å². The maximum atomic E-state index is 13.8. The van der Waals surface area contributed by atoms with Crippen LogP contribution in [0.3, 0.4) is 0 Å². The van der Waals surface area contributed by atoms with Crippen molar-refractivity contribution < 1.29 is 26.3 Å². The van der Waals surface area contributed by atoms with E-state index in [1.165, 1.54) is 6.20 Å². The number of aromatic nitrogens is 5. The van der Waals surface area contributed by atoms with Crippen LogP contribution in [0.4, 0.5) is 38.2 Å². The minimum atomic E-state index is -3.25. The molecule has 2 aromatic rings. The lowest BCUT2D eigenvalue weighted by Crippen LogP contribution is -2.50. The number of nitrogen functional groups attached to an aromatic ring is 1. The van der Waals surface area contributed by atoms with Crippen molar-refractivity contribution in [2.45, 2.75) is 88.1 Å². The zero-order chi connectivity index (χ0) is 24.7. The van der Waals surface area contributed by atoms with Gasteiger partial charge in [-0.05, 0) is 25.7 Å². The molecule has 0 atom stereocenters. The van der Waals surface area contributed by atoms with Crippen LogP contribution < -0.4 is 10.6 Å². The molecule has 13 heteroatoms. The second kappa shape index (κ2) is 8.81. The van der Waals surface area contributed by atoms with E-state index >= 15 is 0 Å². The molecule has 4 rings (SSSR count). The Hall–Kier alpha value is -2.73. The summed E-state index contributed by atoms with van der Waals surface area (Å²) in [5.41, 5.74) is 5.22. The van der Waals surface area contributed by atoms with E-state index in [2.05, 4.69) is 24.9 Å². The highest BCUT2D eigenvalue weighted by Crippen LogP contribution is 2.41. The van der Waals surface area contributed by atoms with Crippen molar-refractivity contribution in [3.05, 3.63) is 18.1 Å². The molecule has 0 spiro atoms. The Bertz CT molecular complexity index is 981. The maximum absolute atomic E-state index is 13.8. The molecule has 2 aliphatic carbocycles. The number of hydrogen-bond donors (Lipinski definition) is 1. The Balaban J connectivity index is 1.71. The van der Waals surface area contributed by atoms with Gasteiger partial charge in [0, 0.05) is 44.7 Å². The molecular formula is C21H25F6N7. The molecule has 0 aromatic carbocycles. The summed E-state index contributed by atoms with van der Waals surface area (Å²) in [5.74, 6) is -9.14. The first-order valence-corrected chi connectivity index (χ1v) is 11.1. The Kier molecular flexibility index (Phi) is 6.32. The summed E-state index contributed by atoms with van der Waals surface area (Å²) in [6.45, 7) is 0.674. The molecule has 7 nitrogen and oxygen atoms in total. The van der Waals surface area contributed by atoms with Crippen molar-refractivity contribution in [2.75, 3.05) is 10.6 Å². The first-order valence-electron chi connectivity index (χ1n) is 11.1. The van der Waals surface area contributed by atoms with Gasteiger partial charge in [-0.3, -0.25) is 4.98 Å². The van der Waals surface area contributed by atoms with E-state index in [0.29, 0.717) is 6.92 Å². The van der Waals surface area contributed by atoms with Gasteiger partial charge in [-0.25, -0.2) is 22.5 Å². The average Bonchev–Trinajstić information content (AvgIpc) is 2.75. The van der Waals surface area contributed by atoms with Crippen LogP contribution >= 0.6 is 0 Å². The molecule has 2 aliphatic rings. The van der Waals surface area contributed by atoms with Gasteiger partial charge < -0.3 is 10.6 Å².